The Bertz CT molecular complexity index is 377. The predicted octanol–water partition coefficient (Wildman–Crippen LogP) is 0.765. The maximum absolute atomic E-state index is 11.9. The molecule has 1 aromatic rings. The molecule has 0 saturated carbocycles. The highest BCUT2D eigenvalue weighted by Gasteiger charge is 2.30. The van der Waals surface area contributed by atoms with Gasteiger partial charge in [-0.15, -0.1) is 11.3 Å². The highest BCUT2D eigenvalue weighted by molar-refractivity contribution is 7.13. The second-order valence-electron chi connectivity index (χ2n) is 4.80. The zero-order chi connectivity index (χ0) is 12.3. The Morgan fingerprint density at radius 3 is 3.18 bits per heavy atom. The van der Waals surface area contributed by atoms with Crippen molar-refractivity contribution in [2.45, 2.75) is 19.4 Å². The fourth-order valence-electron chi connectivity index (χ4n) is 1.93. The molecule has 94 valence electrons. The number of amides is 1. The summed E-state index contributed by atoms with van der Waals surface area (Å²) in [6.07, 6.45) is 1.69. The van der Waals surface area contributed by atoms with E-state index in [9.17, 15) is 4.79 Å². The quantitative estimate of drug-likeness (QED) is 0.836. The first-order valence-corrected chi connectivity index (χ1v) is 6.61. The largest absolute Gasteiger partial charge is 0.314 e. The van der Waals surface area contributed by atoms with Crippen LogP contribution in [-0.2, 0) is 4.79 Å². The lowest BCUT2D eigenvalue weighted by molar-refractivity contribution is -0.119. The Morgan fingerprint density at radius 1 is 1.71 bits per heavy atom. The van der Waals surface area contributed by atoms with Crippen LogP contribution in [0.4, 0.5) is 5.13 Å². The molecule has 5 nitrogen and oxygen atoms in total. The van der Waals surface area contributed by atoms with Crippen LogP contribution in [0.3, 0.4) is 0 Å². The molecule has 1 aromatic heterocycles. The van der Waals surface area contributed by atoms with E-state index in [-0.39, 0.29) is 11.4 Å². The van der Waals surface area contributed by atoms with Gasteiger partial charge in [0.2, 0.25) is 5.91 Å². The molecule has 0 bridgehead atoms. The Hall–Kier alpha value is -0.980. The van der Waals surface area contributed by atoms with E-state index < -0.39 is 0 Å². The fraction of sp³-hybridized carbons (Fsp3) is 0.636. The number of nitrogens with one attached hydrogen (secondary N) is 2. The van der Waals surface area contributed by atoms with E-state index >= 15 is 0 Å². The van der Waals surface area contributed by atoms with Crippen LogP contribution in [-0.4, -0.2) is 47.5 Å². The van der Waals surface area contributed by atoms with Gasteiger partial charge in [-0.3, -0.25) is 9.69 Å². The summed E-state index contributed by atoms with van der Waals surface area (Å²) in [5.74, 6) is 0.00919. The molecule has 1 amide bonds. The van der Waals surface area contributed by atoms with Crippen LogP contribution in [0.5, 0.6) is 0 Å². The SMILES string of the molecule is CC1(C)CNCCN1CC(=O)Nc1nccs1. The van der Waals surface area contributed by atoms with Gasteiger partial charge in [0.15, 0.2) is 5.13 Å². The number of carbonyl (C=O) groups is 1. The monoisotopic (exact) mass is 254 g/mol. The van der Waals surface area contributed by atoms with Crippen molar-refractivity contribution in [3.8, 4) is 0 Å². The van der Waals surface area contributed by atoms with Gasteiger partial charge < -0.3 is 10.6 Å². The van der Waals surface area contributed by atoms with Crippen molar-refractivity contribution in [1.29, 1.82) is 0 Å². The molecule has 0 unspecified atom stereocenters. The first-order valence-electron chi connectivity index (χ1n) is 5.73. The van der Waals surface area contributed by atoms with Crippen molar-refractivity contribution in [3.63, 3.8) is 0 Å². The summed E-state index contributed by atoms with van der Waals surface area (Å²) in [6, 6.07) is 0. The zero-order valence-electron chi connectivity index (χ0n) is 10.2. The van der Waals surface area contributed by atoms with Gasteiger partial charge in [-0.05, 0) is 13.8 Å². The first kappa shape index (κ1) is 12.5. The molecule has 1 aliphatic rings. The van der Waals surface area contributed by atoms with Gasteiger partial charge in [-0.25, -0.2) is 4.98 Å². The first-order chi connectivity index (χ1) is 8.08. The Balaban J connectivity index is 1.89. The number of piperazine rings is 1. The minimum absolute atomic E-state index is 0.00919. The summed E-state index contributed by atoms with van der Waals surface area (Å²) in [7, 11) is 0. The minimum Gasteiger partial charge on any atom is -0.314 e. The van der Waals surface area contributed by atoms with E-state index in [2.05, 4.69) is 34.4 Å². The predicted molar refractivity (Wildman–Crippen MR) is 69.3 cm³/mol. The average molecular weight is 254 g/mol. The van der Waals surface area contributed by atoms with Crippen molar-refractivity contribution in [1.82, 2.24) is 15.2 Å². The third-order valence-electron chi connectivity index (χ3n) is 2.99. The number of anilines is 1. The van der Waals surface area contributed by atoms with Crippen LogP contribution in [0.2, 0.25) is 0 Å². The molecule has 17 heavy (non-hydrogen) atoms. The molecule has 2 N–H and O–H groups in total. The van der Waals surface area contributed by atoms with E-state index in [1.807, 2.05) is 5.38 Å². The molecule has 2 heterocycles. The van der Waals surface area contributed by atoms with E-state index in [1.54, 1.807) is 6.20 Å². The van der Waals surface area contributed by atoms with Gasteiger partial charge in [-0.2, -0.15) is 0 Å². The van der Waals surface area contributed by atoms with Crippen LogP contribution in [0, 0.1) is 0 Å². The number of nitrogens with zero attached hydrogens (tertiary/aromatic N) is 2. The average Bonchev–Trinajstić information content (AvgIpc) is 2.73. The lowest BCUT2D eigenvalue weighted by atomic mass is 10.0. The van der Waals surface area contributed by atoms with E-state index in [0.717, 1.165) is 19.6 Å². The van der Waals surface area contributed by atoms with Gasteiger partial charge in [0.25, 0.3) is 0 Å². The van der Waals surface area contributed by atoms with Crippen LogP contribution >= 0.6 is 11.3 Å². The van der Waals surface area contributed by atoms with Gasteiger partial charge in [0, 0.05) is 36.8 Å². The Kier molecular flexibility index (Phi) is 3.76. The summed E-state index contributed by atoms with van der Waals surface area (Å²) in [4.78, 5) is 18.1. The smallest absolute Gasteiger partial charge is 0.240 e. The van der Waals surface area contributed by atoms with E-state index in [0.29, 0.717) is 11.7 Å². The number of rotatable bonds is 3. The Morgan fingerprint density at radius 2 is 2.53 bits per heavy atom. The van der Waals surface area contributed by atoms with Crippen molar-refractivity contribution in [2.24, 2.45) is 0 Å². The summed E-state index contributed by atoms with van der Waals surface area (Å²) < 4.78 is 0. The second-order valence-corrected chi connectivity index (χ2v) is 5.69. The molecular weight excluding hydrogens is 236 g/mol. The van der Waals surface area contributed by atoms with Crippen LogP contribution in [0.25, 0.3) is 0 Å². The van der Waals surface area contributed by atoms with E-state index in [1.165, 1.54) is 11.3 Å². The maximum Gasteiger partial charge on any atom is 0.240 e. The van der Waals surface area contributed by atoms with Crippen molar-refractivity contribution >= 4 is 22.4 Å². The highest BCUT2D eigenvalue weighted by Crippen LogP contribution is 2.16. The van der Waals surface area contributed by atoms with Crippen molar-refractivity contribution in [2.75, 3.05) is 31.5 Å². The minimum atomic E-state index is 0.00919. The van der Waals surface area contributed by atoms with Gasteiger partial charge >= 0.3 is 0 Å². The standard InChI is InChI=1S/C11H18N4OS/c1-11(2)8-12-3-5-15(11)7-9(16)14-10-13-4-6-17-10/h4,6,12H,3,5,7-8H2,1-2H3,(H,13,14,16). The summed E-state index contributed by atoms with van der Waals surface area (Å²) >= 11 is 1.44. The van der Waals surface area contributed by atoms with E-state index in [4.69, 9.17) is 0 Å². The maximum atomic E-state index is 11.9. The Labute approximate surface area is 105 Å². The molecule has 0 spiro atoms. The van der Waals surface area contributed by atoms with Gasteiger partial charge in [-0.1, -0.05) is 0 Å². The van der Waals surface area contributed by atoms with Crippen molar-refractivity contribution < 1.29 is 4.79 Å². The fourth-order valence-corrected chi connectivity index (χ4v) is 2.48. The van der Waals surface area contributed by atoms with Gasteiger partial charge in [0.05, 0.1) is 6.54 Å². The molecule has 1 saturated heterocycles. The summed E-state index contributed by atoms with van der Waals surface area (Å²) in [5.41, 5.74) is 0.0263. The summed E-state index contributed by atoms with van der Waals surface area (Å²) in [5, 5.41) is 8.67. The second kappa shape index (κ2) is 5.12. The van der Waals surface area contributed by atoms with Gasteiger partial charge in [0.1, 0.15) is 0 Å². The molecule has 2 rings (SSSR count). The molecule has 1 fully saturated rings. The molecule has 0 aromatic carbocycles. The molecular formula is C11H18N4OS. The third kappa shape index (κ3) is 3.24. The third-order valence-corrected chi connectivity index (χ3v) is 3.67. The molecule has 0 atom stereocenters. The number of carbonyl (C=O) groups excluding carboxylic acids is 1. The highest BCUT2D eigenvalue weighted by atomic mass is 32.1. The topological polar surface area (TPSA) is 57.3 Å². The number of thiazole rings is 1. The normalized spacial score (nSPS) is 20.1. The number of hydrogen-bond donors (Lipinski definition) is 2. The molecule has 1 aliphatic heterocycles. The molecule has 0 aliphatic carbocycles. The number of aromatic nitrogens is 1. The number of hydrogen-bond acceptors (Lipinski definition) is 5. The molecule has 0 radical (unpaired) electrons. The lowest BCUT2D eigenvalue weighted by Gasteiger charge is -2.42. The summed E-state index contributed by atoms with van der Waals surface area (Å²) in [6.45, 7) is 7.48. The molecule has 6 heteroatoms. The van der Waals surface area contributed by atoms with Crippen LogP contribution in [0.1, 0.15) is 13.8 Å². The lowest BCUT2D eigenvalue weighted by Crippen LogP contribution is -2.59. The van der Waals surface area contributed by atoms with Crippen molar-refractivity contribution in [3.05, 3.63) is 11.6 Å². The van der Waals surface area contributed by atoms with Crippen LogP contribution < -0.4 is 10.6 Å². The van der Waals surface area contributed by atoms with Crippen LogP contribution in [0.15, 0.2) is 11.6 Å². The zero-order valence-corrected chi connectivity index (χ0v) is 11.0.